The summed E-state index contributed by atoms with van der Waals surface area (Å²) in [6, 6.07) is 22.3. The van der Waals surface area contributed by atoms with Gasteiger partial charge in [-0.2, -0.15) is 0 Å². The largest absolute Gasteiger partial charge is 0.508 e. The maximum Gasteiger partial charge on any atom is 0.123 e. The van der Waals surface area contributed by atoms with Crippen molar-refractivity contribution in [3.63, 3.8) is 0 Å². The van der Waals surface area contributed by atoms with Crippen molar-refractivity contribution in [1.82, 2.24) is 4.98 Å². The number of hydrogen-bond acceptors (Lipinski definition) is 3. The predicted molar refractivity (Wildman–Crippen MR) is 112 cm³/mol. The number of phenols is 2. The van der Waals surface area contributed by atoms with E-state index >= 15 is 0 Å². The maximum absolute atomic E-state index is 10.5. The van der Waals surface area contributed by atoms with Crippen LogP contribution in [-0.2, 0) is 6.42 Å². The van der Waals surface area contributed by atoms with Gasteiger partial charge in [0.1, 0.15) is 11.5 Å². The van der Waals surface area contributed by atoms with Crippen molar-refractivity contribution in [3.05, 3.63) is 88.9 Å². The molecule has 3 nitrogen and oxygen atoms in total. The summed E-state index contributed by atoms with van der Waals surface area (Å²) in [6.45, 7) is 0. The average molecular weight is 386 g/mol. The molecule has 0 bridgehead atoms. The quantitative estimate of drug-likeness (QED) is 0.389. The molecule has 136 valence electrons. The summed E-state index contributed by atoms with van der Waals surface area (Å²) in [5.41, 5.74) is 7.38. The lowest BCUT2D eigenvalue weighted by molar-refractivity contribution is 0.474. The Hall–Kier alpha value is -3.30. The Bertz CT molecular complexity index is 1230. The Morgan fingerprint density at radius 1 is 0.786 bits per heavy atom. The molecule has 0 unspecified atom stereocenters. The summed E-state index contributed by atoms with van der Waals surface area (Å²) in [5.74, 6) is 0.470. The van der Waals surface area contributed by atoms with Crippen LogP contribution in [0.3, 0.4) is 0 Å². The van der Waals surface area contributed by atoms with Crippen LogP contribution in [0.2, 0.25) is 5.02 Å². The highest BCUT2D eigenvalue weighted by Crippen LogP contribution is 2.45. The monoisotopic (exact) mass is 385 g/mol. The fourth-order valence-corrected chi connectivity index (χ4v) is 4.05. The number of phenolic OH excluding ortho intramolecular Hbond substituents is 2. The number of rotatable bonds is 2. The Labute approximate surface area is 167 Å². The van der Waals surface area contributed by atoms with Gasteiger partial charge in [-0.1, -0.05) is 41.9 Å². The molecule has 0 radical (unpaired) electrons. The summed E-state index contributed by atoms with van der Waals surface area (Å²) >= 11 is 6.20. The molecule has 2 N–H and O–H groups in total. The molecule has 0 spiro atoms. The van der Waals surface area contributed by atoms with Crippen LogP contribution in [-0.4, -0.2) is 15.2 Å². The van der Waals surface area contributed by atoms with E-state index in [4.69, 9.17) is 16.6 Å². The van der Waals surface area contributed by atoms with Gasteiger partial charge in [0.05, 0.1) is 11.4 Å². The highest BCUT2D eigenvalue weighted by atomic mass is 35.5. The minimum absolute atomic E-state index is 0.228. The van der Waals surface area contributed by atoms with Crippen molar-refractivity contribution in [2.24, 2.45) is 0 Å². The topological polar surface area (TPSA) is 53.4 Å². The molecule has 1 aromatic heterocycles. The lowest BCUT2D eigenvalue weighted by Gasteiger charge is -2.13. The van der Waals surface area contributed by atoms with Crippen LogP contribution < -0.4 is 0 Å². The first kappa shape index (κ1) is 16.8. The Kier molecular flexibility index (Phi) is 3.85. The van der Waals surface area contributed by atoms with E-state index < -0.39 is 0 Å². The van der Waals surface area contributed by atoms with E-state index in [0.29, 0.717) is 11.4 Å². The zero-order chi connectivity index (χ0) is 19.3. The van der Waals surface area contributed by atoms with Gasteiger partial charge in [-0.3, -0.25) is 0 Å². The van der Waals surface area contributed by atoms with Gasteiger partial charge in [0.15, 0.2) is 0 Å². The molecule has 3 aromatic carbocycles. The van der Waals surface area contributed by atoms with E-state index in [2.05, 4.69) is 0 Å². The van der Waals surface area contributed by atoms with Gasteiger partial charge in [0.2, 0.25) is 0 Å². The number of halogens is 1. The fourth-order valence-electron chi connectivity index (χ4n) is 3.86. The van der Waals surface area contributed by atoms with Crippen LogP contribution in [0.1, 0.15) is 11.1 Å². The molecule has 0 atom stereocenters. The van der Waals surface area contributed by atoms with Crippen LogP contribution in [0, 0.1) is 0 Å². The van der Waals surface area contributed by atoms with Crippen LogP contribution >= 0.6 is 11.6 Å². The molecule has 0 saturated heterocycles. The summed E-state index contributed by atoms with van der Waals surface area (Å²) in [4.78, 5) is 4.93. The predicted octanol–water partition coefficient (Wildman–Crippen LogP) is 6.05. The highest BCUT2D eigenvalue weighted by molar-refractivity contribution is 6.30. The second kappa shape index (κ2) is 6.39. The third kappa shape index (κ3) is 2.72. The average Bonchev–Trinajstić information content (AvgIpc) is 3.05. The summed E-state index contributed by atoms with van der Waals surface area (Å²) in [7, 11) is 0. The second-order valence-corrected chi connectivity index (χ2v) is 7.36. The van der Waals surface area contributed by atoms with Crippen molar-refractivity contribution in [2.75, 3.05) is 0 Å². The SMILES string of the molecule is Oc1ccc2c(c1)Cc1c(-c3ccccc3O)cc(-c3cccc(Cl)c3)nc1-2. The molecular formula is C24H16ClNO2. The molecule has 1 heterocycles. The van der Waals surface area contributed by atoms with Gasteiger partial charge >= 0.3 is 0 Å². The zero-order valence-electron chi connectivity index (χ0n) is 14.9. The van der Waals surface area contributed by atoms with Crippen molar-refractivity contribution < 1.29 is 10.2 Å². The van der Waals surface area contributed by atoms with Crippen LogP contribution in [0.25, 0.3) is 33.6 Å². The number of benzene rings is 3. The molecule has 1 aliphatic rings. The lowest BCUT2D eigenvalue weighted by Crippen LogP contribution is -1.95. The first-order chi connectivity index (χ1) is 13.6. The van der Waals surface area contributed by atoms with Gasteiger partial charge in [-0.05, 0) is 59.2 Å². The normalized spacial score (nSPS) is 11.9. The molecule has 4 aromatic rings. The number of para-hydroxylation sites is 1. The van der Waals surface area contributed by atoms with Gasteiger partial charge < -0.3 is 10.2 Å². The fraction of sp³-hybridized carbons (Fsp3) is 0.0417. The lowest BCUT2D eigenvalue weighted by atomic mass is 9.95. The third-order valence-electron chi connectivity index (χ3n) is 5.15. The number of fused-ring (bicyclic) bond motifs is 3. The van der Waals surface area contributed by atoms with Crippen molar-refractivity contribution in [2.45, 2.75) is 6.42 Å². The first-order valence-corrected chi connectivity index (χ1v) is 9.38. The molecule has 0 aliphatic heterocycles. The van der Waals surface area contributed by atoms with E-state index in [1.54, 1.807) is 18.2 Å². The van der Waals surface area contributed by atoms with Crippen LogP contribution in [0.4, 0.5) is 0 Å². The van der Waals surface area contributed by atoms with Crippen LogP contribution in [0.5, 0.6) is 11.5 Å². The standard InChI is InChI=1S/C24H16ClNO2/c25-16-5-3-4-14(10-16)22-13-20(19-6-1-2-7-23(19)28)21-12-15-11-17(27)8-9-18(15)24(21)26-22/h1-11,13,27-28H,12H2. The van der Waals surface area contributed by atoms with Crippen molar-refractivity contribution in [1.29, 1.82) is 0 Å². The van der Waals surface area contributed by atoms with E-state index in [9.17, 15) is 10.2 Å². The summed E-state index contributed by atoms with van der Waals surface area (Å²) in [6.07, 6.45) is 0.658. The summed E-state index contributed by atoms with van der Waals surface area (Å²) < 4.78 is 0. The van der Waals surface area contributed by atoms with Crippen LogP contribution in [0.15, 0.2) is 72.8 Å². The number of nitrogens with zero attached hydrogens (tertiary/aromatic N) is 1. The van der Waals surface area contributed by atoms with Gasteiger partial charge in [-0.25, -0.2) is 4.98 Å². The van der Waals surface area contributed by atoms with E-state index in [-0.39, 0.29) is 11.5 Å². The number of aromatic hydroxyl groups is 2. The smallest absolute Gasteiger partial charge is 0.123 e. The Morgan fingerprint density at radius 2 is 1.64 bits per heavy atom. The molecule has 4 heteroatoms. The first-order valence-electron chi connectivity index (χ1n) is 9.00. The minimum atomic E-state index is 0.228. The van der Waals surface area contributed by atoms with Gasteiger partial charge in [0.25, 0.3) is 0 Å². The summed E-state index contributed by atoms with van der Waals surface area (Å²) in [5, 5.41) is 21.0. The Balaban J connectivity index is 1.81. The van der Waals surface area contributed by atoms with E-state index in [1.807, 2.05) is 54.6 Å². The molecule has 0 saturated carbocycles. The van der Waals surface area contributed by atoms with Crippen molar-refractivity contribution >= 4 is 11.6 Å². The Morgan fingerprint density at radius 3 is 2.46 bits per heavy atom. The highest BCUT2D eigenvalue weighted by Gasteiger charge is 2.26. The van der Waals surface area contributed by atoms with Gasteiger partial charge in [0, 0.05) is 28.1 Å². The second-order valence-electron chi connectivity index (χ2n) is 6.93. The number of hydrogen-bond donors (Lipinski definition) is 2. The maximum atomic E-state index is 10.5. The van der Waals surface area contributed by atoms with Crippen molar-refractivity contribution in [3.8, 4) is 45.1 Å². The molecule has 5 rings (SSSR count). The van der Waals surface area contributed by atoms with E-state index in [0.717, 1.165) is 44.8 Å². The molecule has 0 fully saturated rings. The molecule has 0 amide bonds. The molecule has 1 aliphatic carbocycles. The molecular weight excluding hydrogens is 370 g/mol. The number of aromatic nitrogens is 1. The zero-order valence-corrected chi connectivity index (χ0v) is 15.6. The van der Waals surface area contributed by atoms with E-state index in [1.165, 1.54) is 0 Å². The van der Waals surface area contributed by atoms with Gasteiger partial charge in [-0.15, -0.1) is 0 Å². The minimum Gasteiger partial charge on any atom is -0.508 e. The molecule has 28 heavy (non-hydrogen) atoms. The number of pyridine rings is 1. The third-order valence-corrected chi connectivity index (χ3v) is 5.39.